The van der Waals surface area contributed by atoms with Gasteiger partial charge in [-0.2, -0.15) is 0 Å². The van der Waals surface area contributed by atoms with Gasteiger partial charge in [-0.1, -0.05) is 55.1 Å². The van der Waals surface area contributed by atoms with Crippen LogP contribution < -0.4 is 5.32 Å². The quantitative estimate of drug-likeness (QED) is 0.150. The van der Waals surface area contributed by atoms with Gasteiger partial charge in [0.15, 0.2) is 0 Å². The van der Waals surface area contributed by atoms with Crippen molar-refractivity contribution in [2.24, 2.45) is 0 Å². The highest BCUT2D eigenvalue weighted by Gasteiger charge is 2.27. The first kappa shape index (κ1) is 26.8. The summed E-state index contributed by atoms with van der Waals surface area (Å²) < 4.78 is 29.8. The Morgan fingerprint density at radius 3 is 2.16 bits per heavy atom. The van der Waals surface area contributed by atoms with Gasteiger partial charge in [-0.25, -0.2) is 8.78 Å². The second kappa shape index (κ2) is 10.8. The third-order valence-electron chi connectivity index (χ3n) is 6.13. The van der Waals surface area contributed by atoms with Crippen LogP contribution in [0, 0.1) is 11.6 Å². The van der Waals surface area contributed by atoms with Gasteiger partial charge in [-0.15, -0.1) is 0 Å². The van der Waals surface area contributed by atoms with Crippen LogP contribution in [0.5, 0.6) is 11.5 Å². The highest BCUT2D eigenvalue weighted by atomic mass is 79.9. The Labute approximate surface area is 243 Å². The molecule has 5 aromatic rings. The van der Waals surface area contributed by atoms with Crippen LogP contribution in [0.25, 0.3) is 22.2 Å². The van der Waals surface area contributed by atoms with Gasteiger partial charge in [0.2, 0.25) is 0 Å². The smallest absolute Gasteiger partial charge is 0.137 e. The number of hydrogen-bond acceptors (Lipinski definition) is 3. The maximum absolute atomic E-state index is 14.0. The van der Waals surface area contributed by atoms with Crippen LogP contribution in [0.3, 0.4) is 0 Å². The van der Waals surface area contributed by atoms with Crippen molar-refractivity contribution in [2.45, 2.75) is 12.5 Å². The second-order valence-electron chi connectivity index (χ2n) is 8.72. The van der Waals surface area contributed by atoms with Crippen LogP contribution in [0.2, 0.25) is 10.0 Å². The lowest BCUT2D eigenvalue weighted by Crippen LogP contribution is -2.08. The molecule has 2 heterocycles. The van der Waals surface area contributed by atoms with E-state index in [0.29, 0.717) is 12.1 Å². The molecule has 4 N–H and O–H groups in total. The highest BCUT2D eigenvalue weighted by Crippen LogP contribution is 2.40. The van der Waals surface area contributed by atoms with Gasteiger partial charge in [0.1, 0.15) is 23.1 Å². The summed E-state index contributed by atoms with van der Waals surface area (Å²) >= 11 is 18.2. The monoisotopic (exact) mass is 680 g/mol. The number of aromatic nitrogens is 1. The van der Waals surface area contributed by atoms with Gasteiger partial charge in [-0.05, 0) is 78.7 Å². The molecule has 1 aliphatic rings. The summed E-state index contributed by atoms with van der Waals surface area (Å²) in [5.74, 6) is -1.35. The van der Waals surface area contributed by atoms with Gasteiger partial charge >= 0.3 is 0 Å². The van der Waals surface area contributed by atoms with E-state index in [1.54, 1.807) is 6.07 Å². The number of aromatic hydroxyl groups is 2. The largest absolute Gasteiger partial charge is 0.507 e. The number of aromatic amines is 1. The normalized spacial score (nSPS) is 14.1. The zero-order chi connectivity index (χ0) is 27.1. The average Bonchev–Trinajstić information content (AvgIpc) is 3.41. The van der Waals surface area contributed by atoms with Crippen LogP contribution in [-0.2, 0) is 6.42 Å². The molecular weight excluding hydrogens is 665 g/mol. The van der Waals surface area contributed by atoms with Crippen LogP contribution in [0.1, 0.15) is 17.2 Å². The van der Waals surface area contributed by atoms with Crippen molar-refractivity contribution in [3.05, 3.63) is 108 Å². The molecule has 0 bridgehead atoms. The summed E-state index contributed by atoms with van der Waals surface area (Å²) in [4.78, 5) is 3.08. The van der Waals surface area contributed by atoms with Crippen LogP contribution in [0.15, 0.2) is 75.7 Å². The topological polar surface area (TPSA) is 68.3 Å². The Morgan fingerprint density at radius 2 is 1.45 bits per heavy atom. The number of anilines is 1. The maximum Gasteiger partial charge on any atom is 0.137 e. The van der Waals surface area contributed by atoms with Crippen molar-refractivity contribution in [3.8, 4) is 22.8 Å². The minimum absolute atomic E-state index is 0.116. The van der Waals surface area contributed by atoms with Crippen LogP contribution >= 0.6 is 55.1 Å². The van der Waals surface area contributed by atoms with Gasteiger partial charge in [-0.3, -0.25) is 0 Å². The molecular formula is C28H18Br2Cl2F2N2O2. The molecule has 1 aromatic heterocycles. The number of halogens is 6. The Kier molecular flexibility index (Phi) is 7.60. The highest BCUT2D eigenvalue weighted by molar-refractivity contribution is 9.10. The Balaban J connectivity index is 0.000000155. The fourth-order valence-corrected chi connectivity index (χ4v) is 5.67. The Bertz CT molecular complexity index is 1650. The number of hydrogen-bond donors (Lipinski definition) is 4. The second-order valence-corrected chi connectivity index (χ2v) is 11.4. The summed E-state index contributed by atoms with van der Waals surface area (Å²) in [6.07, 6.45) is 0.626. The van der Waals surface area contributed by atoms with E-state index in [1.165, 1.54) is 24.3 Å². The van der Waals surface area contributed by atoms with Crippen molar-refractivity contribution >= 4 is 71.7 Å². The molecule has 0 saturated heterocycles. The zero-order valence-corrected chi connectivity index (χ0v) is 24.0. The van der Waals surface area contributed by atoms with E-state index in [0.717, 1.165) is 31.1 Å². The molecule has 0 radical (unpaired) electrons. The van der Waals surface area contributed by atoms with Gasteiger partial charge < -0.3 is 20.5 Å². The maximum atomic E-state index is 14.0. The van der Waals surface area contributed by atoms with E-state index >= 15 is 0 Å². The number of fused-ring (bicyclic) bond motifs is 2. The zero-order valence-electron chi connectivity index (χ0n) is 19.3. The third kappa shape index (κ3) is 5.50. The minimum Gasteiger partial charge on any atom is -0.507 e. The number of H-pyrrole nitrogens is 1. The molecule has 0 fully saturated rings. The molecule has 6 rings (SSSR count). The van der Waals surface area contributed by atoms with E-state index in [4.69, 9.17) is 23.2 Å². The molecule has 1 aliphatic heterocycles. The number of phenols is 2. The molecule has 1 unspecified atom stereocenters. The summed E-state index contributed by atoms with van der Waals surface area (Å²) in [6, 6.07) is 18.1. The molecule has 4 nitrogen and oxygen atoms in total. The number of benzene rings is 4. The predicted octanol–water partition coefficient (Wildman–Crippen LogP) is 9.75. The minimum atomic E-state index is -0.560. The van der Waals surface area contributed by atoms with Gasteiger partial charge in [0.05, 0.1) is 22.9 Å². The van der Waals surface area contributed by atoms with Crippen molar-refractivity contribution in [2.75, 3.05) is 5.32 Å². The number of phenolic OH excluding ortho intramolecular Hbond substituents is 2. The number of nitrogens with one attached hydrogen (secondary N) is 2. The molecule has 4 aromatic carbocycles. The fourth-order valence-electron chi connectivity index (χ4n) is 4.49. The molecule has 0 amide bonds. The van der Waals surface area contributed by atoms with Crippen molar-refractivity contribution < 1.29 is 19.0 Å². The third-order valence-corrected chi connectivity index (χ3v) is 7.55. The van der Waals surface area contributed by atoms with E-state index in [-0.39, 0.29) is 38.7 Å². The molecule has 10 heteroatoms. The number of rotatable bonds is 2. The molecule has 194 valence electrons. The molecule has 38 heavy (non-hydrogen) atoms. The average molecular weight is 683 g/mol. The lowest BCUT2D eigenvalue weighted by atomic mass is 10.0. The first-order valence-corrected chi connectivity index (χ1v) is 13.6. The fraction of sp³-hybridized carbons (Fsp3) is 0.0714. The van der Waals surface area contributed by atoms with E-state index in [1.807, 2.05) is 36.4 Å². The SMILES string of the molecule is Oc1cc(Cl)cc(F)c1-c1cc2cc(Br)ccc2[nH]1.Oc1cc(Cl)cc(F)c1C1Cc2cc(Br)ccc2N1. The molecule has 1 atom stereocenters. The van der Waals surface area contributed by atoms with E-state index in [9.17, 15) is 19.0 Å². The van der Waals surface area contributed by atoms with E-state index in [2.05, 4.69) is 42.2 Å². The predicted molar refractivity (Wildman–Crippen MR) is 155 cm³/mol. The Hall–Kier alpha value is -2.78. The van der Waals surface area contributed by atoms with Crippen LogP contribution in [-0.4, -0.2) is 15.2 Å². The summed E-state index contributed by atoms with van der Waals surface area (Å²) in [6.45, 7) is 0. The molecule has 0 aliphatic carbocycles. The standard InChI is InChI=1S/C14H10BrClFNO.C14H8BrClFNO/c2*15-8-1-2-11-7(3-8)4-12(18-11)14-10(17)5-9(16)6-13(14)19/h1-3,5-6,12,18-19H,4H2;1-6,18-19H. The lowest BCUT2D eigenvalue weighted by Gasteiger charge is -2.14. The summed E-state index contributed by atoms with van der Waals surface area (Å²) in [5, 5.41) is 24.2. The van der Waals surface area contributed by atoms with E-state index < -0.39 is 11.6 Å². The van der Waals surface area contributed by atoms with Crippen molar-refractivity contribution in [1.82, 2.24) is 4.98 Å². The van der Waals surface area contributed by atoms with Gasteiger partial charge in [0.25, 0.3) is 0 Å². The Morgan fingerprint density at radius 1 is 0.789 bits per heavy atom. The first-order chi connectivity index (χ1) is 18.1. The molecule has 0 spiro atoms. The van der Waals surface area contributed by atoms with Crippen molar-refractivity contribution in [3.63, 3.8) is 0 Å². The van der Waals surface area contributed by atoms with Crippen LogP contribution in [0.4, 0.5) is 14.5 Å². The lowest BCUT2D eigenvalue weighted by molar-refractivity contribution is 0.453. The van der Waals surface area contributed by atoms with Gasteiger partial charge in [0, 0.05) is 35.6 Å². The summed E-state index contributed by atoms with van der Waals surface area (Å²) in [7, 11) is 0. The summed E-state index contributed by atoms with van der Waals surface area (Å²) in [5.41, 5.74) is 3.82. The van der Waals surface area contributed by atoms with Crippen molar-refractivity contribution in [1.29, 1.82) is 0 Å². The molecule has 0 saturated carbocycles. The first-order valence-electron chi connectivity index (χ1n) is 11.3.